The van der Waals surface area contributed by atoms with Crippen molar-refractivity contribution in [3.8, 4) is 0 Å². The number of nitrogens with zero attached hydrogens (tertiary/aromatic N) is 2. The van der Waals surface area contributed by atoms with Gasteiger partial charge in [-0.1, -0.05) is 46.1 Å². The first-order chi connectivity index (χ1) is 10.1. The Kier molecular flexibility index (Phi) is 7.73. The summed E-state index contributed by atoms with van der Waals surface area (Å²) in [6.07, 6.45) is 8.38. The number of hydrogen-bond acceptors (Lipinski definition) is 3. The number of rotatable bonds is 10. The van der Waals surface area contributed by atoms with Gasteiger partial charge in [0.15, 0.2) is 0 Å². The zero-order valence-electron chi connectivity index (χ0n) is 14.5. The highest BCUT2D eigenvalue weighted by Gasteiger charge is 2.24. The fourth-order valence-electron chi connectivity index (χ4n) is 2.60. The number of methoxy groups -OCH3 is 1. The summed E-state index contributed by atoms with van der Waals surface area (Å²) in [5.74, 6) is 1.02. The van der Waals surface area contributed by atoms with Crippen molar-refractivity contribution in [3.63, 3.8) is 0 Å². The average molecular weight is 292 g/mol. The molecule has 0 aliphatic heterocycles. The van der Waals surface area contributed by atoms with Crippen LogP contribution in [-0.4, -0.2) is 32.3 Å². The summed E-state index contributed by atoms with van der Waals surface area (Å²) in [6.45, 7) is 8.50. The molecule has 3 nitrogen and oxygen atoms in total. The lowest BCUT2D eigenvalue weighted by Crippen LogP contribution is -2.24. The smallest absolute Gasteiger partial charge is 0.128 e. The molecule has 0 saturated carbocycles. The maximum atomic E-state index is 5.11. The van der Waals surface area contributed by atoms with E-state index in [-0.39, 0.29) is 5.41 Å². The highest BCUT2D eigenvalue weighted by Crippen LogP contribution is 2.33. The van der Waals surface area contributed by atoms with Crippen LogP contribution in [0.3, 0.4) is 0 Å². The van der Waals surface area contributed by atoms with E-state index in [1.807, 2.05) is 0 Å². The van der Waals surface area contributed by atoms with Crippen LogP contribution in [0.15, 0.2) is 18.3 Å². The first-order valence-corrected chi connectivity index (χ1v) is 8.24. The second-order valence-electron chi connectivity index (χ2n) is 6.19. The molecule has 0 spiro atoms. The maximum absolute atomic E-state index is 5.11. The molecule has 120 valence electrons. The molecule has 1 unspecified atom stereocenters. The second-order valence-corrected chi connectivity index (χ2v) is 6.19. The zero-order valence-corrected chi connectivity index (χ0v) is 14.5. The highest BCUT2D eigenvalue weighted by molar-refractivity contribution is 5.39. The van der Waals surface area contributed by atoms with Crippen molar-refractivity contribution in [3.05, 3.63) is 23.9 Å². The molecule has 0 amide bonds. The van der Waals surface area contributed by atoms with Gasteiger partial charge < -0.3 is 9.64 Å². The number of ether oxygens (including phenoxy) is 1. The van der Waals surface area contributed by atoms with E-state index in [1.165, 1.54) is 31.2 Å². The van der Waals surface area contributed by atoms with Gasteiger partial charge >= 0.3 is 0 Å². The fourth-order valence-corrected chi connectivity index (χ4v) is 2.60. The van der Waals surface area contributed by atoms with Crippen LogP contribution in [0, 0.1) is 0 Å². The second kappa shape index (κ2) is 9.04. The molecule has 1 aromatic heterocycles. The summed E-state index contributed by atoms with van der Waals surface area (Å²) in [5, 5.41) is 0. The van der Waals surface area contributed by atoms with Crippen molar-refractivity contribution in [2.75, 3.05) is 32.2 Å². The van der Waals surface area contributed by atoms with Crippen molar-refractivity contribution in [1.29, 1.82) is 0 Å². The minimum atomic E-state index is 0.256. The molecule has 1 aromatic rings. The molecule has 0 fully saturated rings. The van der Waals surface area contributed by atoms with Crippen LogP contribution in [-0.2, 0) is 10.2 Å². The van der Waals surface area contributed by atoms with E-state index < -0.39 is 0 Å². The number of unbranched alkanes of at least 4 members (excludes halogenated alkanes) is 2. The van der Waals surface area contributed by atoms with Gasteiger partial charge in [0.2, 0.25) is 0 Å². The van der Waals surface area contributed by atoms with Gasteiger partial charge in [0.1, 0.15) is 5.82 Å². The monoisotopic (exact) mass is 292 g/mol. The van der Waals surface area contributed by atoms with Crippen molar-refractivity contribution in [1.82, 2.24) is 4.98 Å². The Morgan fingerprint density at radius 2 is 2.00 bits per heavy atom. The fraction of sp³-hybridized carbons (Fsp3) is 0.722. The molecule has 0 aliphatic rings. The van der Waals surface area contributed by atoms with Crippen molar-refractivity contribution in [2.45, 2.75) is 58.3 Å². The van der Waals surface area contributed by atoms with E-state index in [0.29, 0.717) is 0 Å². The Balaban J connectivity index is 2.74. The standard InChI is InChI=1S/C18H32N2O/c1-6-8-9-12-18(3,7-2)16-10-11-17(19-15-16)20(4)13-14-21-5/h10-11,15H,6-9,12-14H2,1-5H3. The van der Waals surface area contributed by atoms with Gasteiger partial charge in [0, 0.05) is 26.9 Å². The van der Waals surface area contributed by atoms with Gasteiger partial charge in [-0.2, -0.15) is 0 Å². The van der Waals surface area contributed by atoms with Crippen LogP contribution in [0.5, 0.6) is 0 Å². The van der Waals surface area contributed by atoms with Crippen LogP contribution in [0.4, 0.5) is 5.82 Å². The van der Waals surface area contributed by atoms with E-state index in [4.69, 9.17) is 4.74 Å². The Morgan fingerprint density at radius 3 is 2.52 bits per heavy atom. The molecule has 0 aromatic carbocycles. The van der Waals surface area contributed by atoms with E-state index in [0.717, 1.165) is 25.4 Å². The van der Waals surface area contributed by atoms with E-state index in [1.54, 1.807) is 7.11 Å². The van der Waals surface area contributed by atoms with Gasteiger partial charge in [-0.3, -0.25) is 0 Å². The van der Waals surface area contributed by atoms with Gasteiger partial charge in [-0.05, 0) is 29.9 Å². The third-order valence-electron chi connectivity index (χ3n) is 4.58. The number of aromatic nitrogens is 1. The Morgan fingerprint density at radius 1 is 1.24 bits per heavy atom. The summed E-state index contributed by atoms with van der Waals surface area (Å²) in [7, 11) is 3.79. The zero-order chi connectivity index (χ0) is 15.7. The molecule has 0 saturated heterocycles. The van der Waals surface area contributed by atoms with Crippen molar-refractivity contribution >= 4 is 5.82 Å². The molecule has 1 rings (SSSR count). The third-order valence-corrected chi connectivity index (χ3v) is 4.58. The van der Waals surface area contributed by atoms with Crippen molar-refractivity contribution in [2.24, 2.45) is 0 Å². The summed E-state index contributed by atoms with van der Waals surface area (Å²) < 4.78 is 5.11. The van der Waals surface area contributed by atoms with Crippen LogP contribution in [0.1, 0.15) is 58.4 Å². The molecule has 21 heavy (non-hydrogen) atoms. The average Bonchev–Trinajstić information content (AvgIpc) is 2.52. The normalized spacial score (nSPS) is 14.0. The molecule has 1 heterocycles. The number of hydrogen-bond donors (Lipinski definition) is 0. The largest absolute Gasteiger partial charge is 0.383 e. The highest BCUT2D eigenvalue weighted by atomic mass is 16.5. The lowest BCUT2D eigenvalue weighted by Gasteiger charge is -2.29. The topological polar surface area (TPSA) is 25.4 Å². The molecule has 0 N–H and O–H groups in total. The predicted molar refractivity (Wildman–Crippen MR) is 91.2 cm³/mol. The Bertz CT molecular complexity index is 391. The van der Waals surface area contributed by atoms with Gasteiger partial charge in [-0.15, -0.1) is 0 Å². The molecule has 3 heteroatoms. The van der Waals surface area contributed by atoms with E-state index in [9.17, 15) is 0 Å². The van der Waals surface area contributed by atoms with Gasteiger partial charge in [-0.25, -0.2) is 4.98 Å². The summed E-state index contributed by atoms with van der Waals surface area (Å²) >= 11 is 0. The summed E-state index contributed by atoms with van der Waals surface area (Å²) in [5.41, 5.74) is 1.62. The van der Waals surface area contributed by atoms with E-state index >= 15 is 0 Å². The molecule has 1 atom stereocenters. The first-order valence-electron chi connectivity index (χ1n) is 8.24. The lowest BCUT2D eigenvalue weighted by molar-refractivity contribution is 0.206. The van der Waals surface area contributed by atoms with E-state index in [2.05, 4.69) is 56.0 Å². The first kappa shape index (κ1) is 18.0. The van der Waals surface area contributed by atoms with Gasteiger partial charge in [0.05, 0.1) is 6.61 Å². The van der Waals surface area contributed by atoms with Crippen LogP contribution in [0.25, 0.3) is 0 Å². The van der Waals surface area contributed by atoms with Crippen molar-refractivity contribution < 1.29 is 4.74 Å². The minimum Gasteiger partial charge on any atom is -0.383 e. The number of pyridine rings is 1. The molecule has 0 aliphatic carbocycles. The Labute approximate surface area is 130 Å². The molecular formula is C18H32N2O. The van der Waals surface area contributed by atoms with Crippen LogP contribution < -0.4 is 4.90 Å². The Hall–Kier alpha value is -1.09. The van der Waals surface area contributed by atoms with Crippen LogP contribution in [0.2, 0.25) is 0 Å². The number of anilines is 1. The van der Waals surface area contributed by atoms with Gasteiger partial charge in [0.25, 0.3) is 0 Å². The SMILES string of the molecule is CCCCCC(C)(CC)c1ccc(N(C)CCOC)nc1. The minimum absolute atomic E-state index is 0.256. The lowest BCUT2D eigenvalue weighted by atomic mass is 9.76. The molecule has 0 radical (unpaired) electrons. The molecular weight excluding hydrogens is 260 g/mol. The predicted octanol–water partition coefficient (Wildman–Crippen LogP) is 4.41. The quantitative estimate of drug-likeness (QED) is 0.597. The maximum Gasteiger partial charge on any atom is 0.128 e. The van der Waals surface area contributed by atoms with Crippen LogP contribution >= 0.6 is 0 Å². The molecule has 0 bridgehead atoms. The third kappa shape index (κ3) is 5.31. The summed E-state index contributed by atoms with van der Waals surface area (Å²) in [4.78, 5) is 6.78. The number of likely N-dealkylation sites (N-methyl/N-ethyl adjacent to an activating group) is 1. The summed E-state index contributed by atoms with van der Waals surface area (Å²) in [6, 6.07) is 4.39.